The number of nitrogens with zero attached hydrogens (tertiary/aromatic N) is 4. The lowest BCUT2D eigenvalue weighted by atomic mass is 9.97. The molecular formula is C21H27N5O3S. The maximum Gasteiger partial charge on any atom is 0.249 e. The van der Waals surface area contributed by atoms with Gasteiger partial charge in [0.25, 0.3) is 0 Å². The van der Waals surface area contributed by atoms with E-state index in [1.54, 1.807) is 0 Å². The average molecular weight is 430 g/mol. The van der Waals surface area contributed by atoms with Gasteiger partial charge in [-0.1, -0.05) is 24.3 Å². The zero-order valence-electron chi connectivity index (χ0n) is 17.0. The van der Waals surface area contributed by atoms with Crippen molar-refractivity contribution in [2.45, 2.75) is 44.7 Å². The highest BCUT2D eigenvalue weighted by atomic mass is 32.2. The lowest BCUT2D eigenvalue weighted by Crippen LogP contribution is -2.39. The summed E-state index contributed by atoms with van der Waals surface area (Å²) in [4.78, 5) is 18.8. The van der Waals surface area contributed by atoms with Gasteiger partial charge in [0.15, 0.2) is 9.84 Å². The summed E-state index contributed by atoms with van der Waals surface area (Å²) in [6.07, 6.45) is 4.83. The Morgan fingerprint density at radius 2 is 1.83 bits per heavy atom. The smallest absolute Gasteiger partial charge is 0.249 e. The molecule has 1 aromatic carbocycles. The molecule has 1 saturated heterocycles. The number of hydrogen-bond acceptors (Lipinski definition) is 6. The van der Waals surface area contributed by atoms with Crippen LogP contribution in [0.2, 0.25) is 0 Å². The first-order valence-electron chi connectivity index (χ1n) is 10.7. The zero-order chi connectivity index (χ0) is 20.7. The Hall–Kier alpha value is -2.26. The van der Waals surface area contributed by atoms with E-state index in [0.717, 1.165) is 44.5 Å². The van der Waals surface area contributed by atoms with Crippen molar-refractivity contribution >= 4 is 21.7 Å². The molecule has 1 unspecified atom stereocenters. The summed E-state index contributed by atoms with van der Waals surface area (Å²) in [5.74, 6) is 2.02. The summed E-state index contributed by atoms with van der Waals surface area (Å²) in [5, 5.41) is 7.46. The Bertz CT molecular complexity index is 1030. The van der Waals surface area contributed by atoms with E-state index >= 15 is 0 Å². The van der Waals surface area contributed by atoms with Gasteiger partial charge in [0, 0.05) is 32.0 Å². The van der Waals surface area contributed by atoms with Crippen LogP contribution in [0.5, 0.6) is 0 Å². The van der Waals surface area contributed by atoms with E-state index in [1.807, 2.05) is 4.68 Å². The number of nitrogens with one attached hydrogen (secondary N) is 1. The molecule has 1 N–H and O–H groups in total. The van der Waals surface area contributed by atoms with Crippen molar-refractivity contribution in [3.05, 3.63) is 41.2 Å². The van der Waals surface area contributed by atoms with Crippen LogP contribution in [-0.4, -0.2) is 58.6 Å². The van der Waals surface area contributed by atoms with Crippen molar-refractivity contribution in [1.82, 2.24) is 19.7 Å². The minimum atomic E-state index is -2.85. The molecular weight excluding hydrogens is 402 g/mol. The normalized spacial score (nSPS) is 23.7. The maximum atomic E-state index is 12.0. The van der Waals surface area contributed by atoms with Crippen molar-refractivity contribution in [1.29, 1.82) is 0 Å². The van der Waals surface area contributed by atoms with E-state index < -0.39 is 9.84 Å². The molecule has 8 nitrogen and oxygen atoms in total. The predicted molar refractivity (Wildman–Crippen MR) is 113 cm³/mol. The fourth-order valence-corrected chi connectivity index (χ4v) is 5.56. The number of sulfone groups is 1. The lowest BCUT2D eigenvalue weighted by molar-refractivity contribution is -0.117. The second-order valence-electron chi connectivity index (χ2n) is 8.64. The van der Waals surface area contributed by atoms with Gasteiger partial charge in [-0.15, -0.1) is 5.10 Å². The fourth-order valence-electron chi connectivity index (χ4n) is 4.28. The summed E-state index contributed by atoms with van der Waals surface area (Å²) in [5.41, 5.74) is 2.37. The van der Waals surface area contributed by atoms with Gasteiger partial charge in [0.1, 0.15) is 5.82 Å². The highest BCUT2D eigenvalue weighted by Crippen LogP contribution is 2.32. The molecule has 0 spiro atoms. The molecule has 2 aromatic rings. The van der Waals surface area contributed by atoms with Gasteiger partial charge >= 0.3 is 0 Å². The first kappa shape index (κ1) is 19.7. The monoisotopic (exact) mass is 429 g/mol. The molecule has 9 heteroatoms. The van der Waals surface area contributed by atoms with Crippen molar-refractivity contribution in [2.75, 3.05) is 29.9 Å². The van der Waals surface area contributed by atoms with Crippen LogP contribution >= 0.6 is 0 Å². The van der Waals surface area contributed by atoms with E-state index in [4.69, 9.17) is 0 Å². The third kappa shape index (κ3) is 4.27. The maximum absolute atomic E-state index is 12.0. The van der Waals surface area contributed by atoms with E-state index in [1.165, 1.54) is 11.1 Å². The van der Waals surface area contributed by atoms with Gasteiger partial charge in [-0.3, -0.25) is 15.0 Å². The summed E-state index contributed by atoms with van der Waals surface area (Å²) in [6.45, 7) is 1.97. The van der Waals surface area contributed by atoms with Crippen LogP contribution in [0.1, 0.15) is 48.7 Å². The standard InChI is InChI=1S/C21H27N5O3S/c27-20(17-8-9-17)23-21-22-19-3-1-2-18(26(19)24-21)16-6-4-15(5-7-16)14-25-10-12-30(28,29)13-11-25/h4-7,17-18H,1-3,8-14H2,(H,23,24,27). The SMILES string of the molecule is O=C(Nc1nc2n(n1)C(c1ccc(CN3CCS(=O)(=O)CC3)cc1)CCC2)C1CC1. The highest BCUT2D eigenvalue weighted by Gasteiger charge is 2.31. The number of rotatable bonds is 5. The minimum Gasteiger partial charge on any atom is -0.297 e. The van der Waals surface area contributed by atoms with Crippen molar-refractivity contribution in [3.8, 4) is 0 Å². The van der Waals surface area contributed by atoms with Crippen LogP contribution in [0.15, 0.2) is 24.3 Å². The summed E-state index contributed by atoms with van der Waals surface area (Å²) < 4.78 is 25.2. The van der Waals surface area contributed by atoms with Gasteiger partial charge in [-0.2, -0.15) is 4.98 Å². The molecule has 2 aliphatic heterocycles. The van der Waals surface area contributed by atoms with Crippen LogP contribution in [0.4, 0.5) is 5.95 Å². The topological polar surface area (TPSA) is 97.2 Å². The lowest BCUT2D eigenvalue weighted by Gasteiger charge is -2.27. The van der Waals surface area contributed by atoms with Gasteiger partial charge in [-0.25, -0.2) is 13.1 Å². The number of benzene rings is 1. The number of aromatic nitrogens is 3. The molecule has 3 aliphatic rings. The number of hydrogen-bond donors (Lipinski definition) is 1. The van der Waals surface area contributed by atoms with Gasteiger partial charge < -0.3 is 0 Å². The number of anilines is 1. The van der Waals surface area contributed by atoms with E-state index in [2.05, 4.69) is 44.6 Å². The van der Waals surface area contributed by atoms with Gasteiger partial charge in [-0.05, 0) is 36.8 Å². The largest absolute Gasteiger partial charge is 0.297 e. The van der Waals surface area contributed by atoms with Crippen LogP contribution in [0, 0.1) is 5.92 Å². The molecule has 1 aromatic heterocycles. The van der Waals surface area contributed by atoms with Crippen molar-refractivity contribution in [2.24, 2.45) is 5.92 Å². The Morgan fingerprint density at radius 3 is 2.53 bits per heavy atom. The van der Waals surface area contributed by atoms with Gasteiger partial charge in [0.05, 0.1) is 17.5 Å². The Labute approximate surface area is 176 Å². The third-order valence-electron chi connectivity index (χ3n) is 6.27. The molecule has 5 rings (SSSR count). The Morgan fingerprint density at radius 1 is 1.10 bits per heavy atom. The predicted octanol–water partition coefficient (Wildman–Crippen LogP) is 1.78. The van der Waals surface area contributed by atoms with E-state index in [9.17, 15) is 13.2 Å². The molecule has 3 heterocycles. The second kappa shape index (κ2) is 7.77. The number of carbonyl (C=O) groups excluding carboxylic acids is 1. The summed E-state index contributed by atoms with van der Waals surface area (Å²) >= 11 is 0. The highest BCUT2D eigenvalue weighted by molar-refractivity contribution is 7.91. The zero-order valence-corrected chi connectivity index (χ0v) is 17.8. The quantitative estimate of drug-likeness (QED) is 0.778. The number of fused-ring (bicyclic) bond motifs is 1. The molecule has 0 radical (unpaired) electrons. The fraction of sp³-hybridized carbons (Fsp3) is 0.571. The summed E-state index contributed by atoms with van der Waals surface area (Å²) in [6, 6.07) is 8.65. The molecule has 1 saturated carbocycles. The van der Waals surface area contributed by atoms with Crippen LogP contribution in [0.3, 0.4) is 0 Å². The van der Waals surface area contributed by atoms with Crippen molar-refractivity contribution in [3.63, 3.8) is 0 Å². The minimum absolute atomic E-state index is 0.0318. The van der Waals surface area contributed by atoms with Crippen LogP contribution < -0.4 is 5.32 Å². The van der Waals surface area contributed by atoms with E-state index in [-0.39, 0.29) is 29.4 Å². The number of amides is 1. The molecule has 0 bridgehead atoms. The van der Waals surface area contributed by atoms with Gasteiger partial charge in [0.2, 0.25) is 11.9 Å². The molecule has 30 heavy (non-hydrogen) atoms. The molecule has 1 amide bonds. The van der Waals surface area contributed by atoms with Crippen LogP contribution in [0.25, 0.3) is 0 Å². The molecule has 1 aliphatic carbocycles. The first-order valence-corrected chi connectivity index (χ1v) is 12.6. The summed E-state index contributed by atoms with van der Waals surface area (Å²) in [7, 11) is -2.85. The first-order chi connectivity index (χ1) is 14.5. The second-order valence-corrected chi connectivity index (χ2v) is 10.9. The molecule has 160 valence electrons. The molecule has 2 fully saturated rings. The third-order valence-corrected chi connectivity index (χ3v) is 7.88. The Balaban J connectivity index is 1.27. The number of aryl methyl sites for hydroxylation is 1. The molecule has 1 atom stereocenters. The average Bonchev–Trinajstić information content (AvgIpc) is 3.50. The number of carbonyl (C=O) groups is 1. The van der Waals surface area contributed by atoms with Crippen LogP contribution in [-0.2, 0) is 27.6 Å². The Kier molecular flexibility index (Phi) is 5.10. The van der Waals surface area contributed by atoms with E-state index in [0.29, 0.717) is 19.0 Å². The van der Waals surface area contributed by atoms with Crippen molar-refractivity contribution < 1.29 is 13.2 Å².